The summed E-state index contributed by atoms with van der Waals surface area (Å²) >= 11 is 0. The zero-order valence-corrected chi connectivity index (χ0v) is 12.8. The third-order valence-corrected chi connectivity index (χ3v) is 3.63. The standard InChI is InChI=1S/C17H23NO2/c1-5-6-11-20-17-14-9-7-8-10-15(14)18(19)13(4)16(17)12(2)3/h7-10,12H,5-6,11H2,1-4H3. The van der Waals surface area contributed by atoms with Gasteiger partial charge in [-0.2, -0.15) is 4.73 Å². The fourth-order valence-corrected chi connectivity index (χ4v) is 2.60. The molecule has 20 heavy (non-hydrogen) atoms. The minimum atomic E-state index is 0.261. The van der Waals surface area contributed by atoms with Crippen molar-refractivity contribution in [3.05, 3.63) is 40.7 Å². The fourth-order valence-electron chi connectivity index (χ4n) is 2.60. The first kappa shape index (κ1) is 14.6. The van der Waals surface area contributed by atoms with E-state index in [1.165, 1.54) is 0 Å². The lowest BCUT2D eigenvalue weighted by atomic mass is 9.98. The van der Waals surface area contributed by atoms with Crippen molar-refractivity contribution in [2.75, 3.05) is 6.61 Å². The van der Waals surface area contributed by atoms with E-state index in [0.717, 1.165) is 40.0 Å². The second-order valence-corrected chi connectivity index (χ2v) is 5.50. The number of rotatable bonds is 5. The van der Waals surface area contributed by atoms with Gasteiger partial charge in [-0.15, -0.1) is 0 Å². The van der Waals surface area contributed by atoms with Gasteiger partial charge in [-0.05, 0) is 18.4 Å². The van der Waals surface area contributed by atoms with Gasteiger partial charge in [-0.25, -0.2) is 0 Å². The van der Waals surface area contributed by atoms with Gasteiger partial charge in [0.1, 0.15) is 5.75 Å². The molecule has 1 heterocycles. The first-order chi connectivity index (χ1) is 9.57. The molecular formula is C17H23NO2. The van der Waals surface area contributed by atoms with E-state index in [9.17, 15) is 5.21 Å². The fraction of sp³-hybridized carbons (Fsp3) is 0.471. The van der Waals surface area contributed by atoms with E-state index in [-0.39, 0.29) is 5.92 Å². The van der Waals surface area contributed by atoms with E-state index in [0.29, 0.717) is 12.1 Å². The van der Waals surface area contributed by atoms with Gasteiger partial charge in [0, 0.05) is 13.0 Å². The molecule has 0 unspecified atom stereocenters. The van der Waals surface area contributed by atoms with Crippen LogP contribution in [0.1, 0.15) is 50.8 Å². The SMILES string of the molecule is CCCCOc1c(C(C)C)c(C)[n+]([O-])c2ccccc12. The van der Waals surface area contributed by atoms with E-state index < -0.39 is 0 Å². The highest BCUT2D eigenvalue weighted by atomic mass is 16.5. The molecule has 2 aromatic rings. The van der Waals surface area contributed by atoms with E-state index >= 15 is 0 Å². The number of aromatic nitrogens is 1. The summed E-state index contributed by atoms with van der Waals surface area (Å²) in [6, 6.07) is 7.66. The van der Waals surface area contributed by atoms with Crippen LogP contribution in [0.4, 0.5) is 0 Å². The lowest BCUT2D eigenvalue weighted by molar-refractivity contribution is -0.584. The van der Waals surface area contributed by atoms with Crippen LogP contribution in [0.5, 0.6) is 5.75 Å². The maximum Gasteiger partial charge on any atom is 0.227 e. The molecule has 2 rings (SSSR count). The summed E-state index contributed by atoms with van der Waals surface area (Å²) in [4.78, 5) is 0. The number of hydrogen-bond acceptors (Lipinski definition) is 2. The van der Waals surface area contributed by atoms with Gasteiger partial charge in [0.15, 0.2) is 5.69 Å². The molecule has 0 bridgehead atoms. The molecule has 1 aromatic carbocycles. The van der Waals surface area contributed by atoms with Crippen LogP contribution >= 0.6 is 0 Å². The van der Waals surface area contributed by atoms with Crippen molar-refractivity contribution in [1.82, 2.24) is 0 Å². The average molecular weight is 273 g/mol. The summed E-state index contributed by atoms with van der Waals surface area (Å²) in [5.41, 5.74) is 2.45. The maximum absolute atomic E-state index is 12.4. The topological polar surface area (TPSA) is 36.2 Å². The molecule has 108 valence electrons. The summed E-state index contributed by atoms with van der Waals surface area (Å²) in [6.07, 6.45) is 2.12. The van der Waals surface area contributed by atoms with Gasteiger partial charge in [0.2, 0.25) is 5.52 Å². The third-order valence-electron chi connectivity index (χ3n) is 3.63. The van der Waals surface area contributed by atoms with E-state index in [1.807, 2.05) is 31.2 Å². The van der Waals surface area contributed by atoms with Crippen molar-refractivity contribution in [3.63, 3.8) is 0 Å². The molecule has 0 saturated heterocycles. The molecule has 0 radical (unpaired) electrons. The van der Waals surface area contributed by atoms with Crippen LogP contribution < -0.4 is 9.47 Å². The Bertz CT molecular complexity index is 605. The Labute approximate surface area is 120 Å². The Morgan fingerprint density at radius 3 is 2.60 bits per heavy atom. The summed E-state index contributed by atoms with van der Waals surface area (Å²) in [5.74, 6) is 1.14. The van der Waals surface area contributed by atoms with Crippen LogP contribution in [0.3, 0.4) is 0 Å². The van der Waals surface area contributed by atoms with Gasteiger partial charge in [-0.3, -0.25) is 0 Å². The third kappa shape index (κ3) is 2.58. The van der Waals surface area contributed by atoms with Crippen LogP contribution in [0.15, 0.2) is 24.3 Å². The van der Waals surface area contributed by atoms with Gasteiger partial charge in [0.05, 0.1) is 17.6 Å². The van der Waals surface area contributed by atoms with E-state index in [4.69, 9.17) is 4.74 Å². The predicted octanol–water partition coefficient (Wildman–Crippen LogP) is 4.08. The summed E-state index contributed by atoms with van der Waals surface area (Å²) < 4.78 is 7.06. The lowest BCUT2D eigenvalue weighted by Crippen LogP contribution is -2.33. The molecule has 0 aliphatic rings. The second-order valence-electron chi connectivity index (χ2n) is 5.50. The van der Waals surface area contributed by atoms with Crippen LogP contribution in [0, 0.1) is 12.1 Å². The number of unbranched alkanes of at least 4 members (excludes halogenated alkanes) is 1. The number of benzene rings is 1. The van der Waals surface area contributed by atoms with Gasteiger partial charge >= 0.3 is 0 Å². The zero-order chi connectivity index (χ0) is 14.7. The van der Waals surface area contributed by atoms with Crippen molar-refractivity contribution in [2.24, 2.45) is 0 Å². The van der Waals surface area contributed by atoms with Crippen LogP contribution in [-0.4, -0.2) is 6.61 Å². The highest BCUT2D eigenvalue weighted by Crippen LogP contribution is 2.34. The van der Waals surface area contributed by atoms with Crippen molar-refractivity contribution in [2.45, 2.75) is 46.5 Å². The number of ether oxygens (including phenoxy) is 1. The monoisotopic (exact) mass is 273 g/mol. The van der Waals surface area contributed by atoms with Crippen LogP contribution in [0.25, 0.3) is 10.9 Å². The van der Waals surface area contributed by atoms with Crippen molar-refractivity contribution in [1.29, 1.82) is 0 Å². The molecule has 0 atom stereocenters. The quantitative estimate of drug-likeness (QED) is 0.467. The molecule has 3 heteroatoms. The highest BCUT2D eigenvalue weighted by molar-refractivity contribution is 5.84. The highest BCUT2D eigenvalue weighted by Gasteiger charge is 2.23. The Hall–Kier alpha value is -1.77. The minimum absolute atomic E-state index is 0.261. The molecule has 0 aliphatic heterocycles. The smallest absolute Gasteiger partial charge is 0.227 e. The summed E-state index contributed by atoms with van der Waals surface area (Å²) in [5, 5.41) is 13.3. The lowest BCUT2D eigenvalue weighted by Gasteiger charge is -2.18. The molecule has 3 nitrogen and oxygen atoms in total. The summed E-state index contributed by atoms with van der Waals surface area (Å²) in [6.45, 7) is 8.92. The van der Waals surface area contributed by atoms with Crippen molar-refractivity contribution in [3.8, 4) is 5.75 Å². The second kappa shape index (κ2) is 6.12. The van der Waals surface area contributed by atoms with Crippen molar-refractivity contribution < 1.29 is 9.47 Å². The minimum Gasteiger partial charge on any atom is -0.618 e. The average Bonchev–Trinajstić information content (AvgIpc) is 2.44. The van der Waals surface area contributed by atoms with Gasteiger partial charge in [0.25, 0.3) is 0 Å². The maximum atomic E-state index is 12.4. The first-order valence-corrected chi connectivity index (χ1v) is 7.35. The van der Waals surface area contributed by atoms with E-state index in [1.54, 1.807) is 0 Å². The van der Waals surface area contributed by atoms with Crippen molar-refractivity contribution >= 4 is 10.9 Å². The number of pyridine rings is 1. The number of hydrogen-bond donors (Lipinski definition) is 0. The number of fused-ring (bicyclic) bond motifs is 1. The van der Waals surface area contributed by atoms with E-state index in [2.05, 4.69) is 20.8 Å². The molecule has 0 aliphatic carbocycles. The van der Waals surface area contributed by atoms with Gasteiger partial charge < -0.3 is 9.94 Å². The summed E-state index contributed by atoms with van der Waals surface area (Å²) in [7, 11) is 0. The first-order valence-electron chi connectivity index (χ1n) is 7.35. The normalized spacial score (nSPS) is 11.2. The molecular weight excluding hydrogens is 250 g/mol. The molecule has 0 N–H and O–H groups in total. The molecule has 0 saturated carbocycles. The number of nitrogens with zero attached hydrogens (tertiary/aromatic N) is 1. The largest absolute Gasteiger partial charge is 0.618 e. The Balaban J connectivity index is 2.66. The van der Waals surface area contributed by atoms with Crippen LogP contribution in [-0.2, 0) is 0 Å². The number of para-hydroxylation sites is 1. The Morgan fingerprint density at radius 2 is 1.95 bits per heavy atom. The van der Waals surface area contributed by atoms with Gasteiger partial charge in [-0.1, -0.05) is 39.3 Å². The zero-order valence-electron chi connectivity index (χ0n) is 12.8. The molecule has 0 fully saturated rings. The molecule has 0 amide bonds. The predicted molar refractivity (Wildman–Crippen MR) is 82.1 cm³/mol. The Morgan fingerprint density at radius 1 is 1.25 bits per heavy atom. The molecule has 0 spiro atoms. The van der Waals surface area contributed by atoms with Crippen LogP contribution in [0.2, 0.25) is 0 Å². The molecule has 1 aromatic heterocycles. The Kier molecular flexibility index (Phi) is 4.48.